The molecule has 25 heavy (non-hydrogen) atoms. The second-order valence-electron chi connectivity index (χ2n) is 6.36. The number of nitrogens with zero attached hydrogens (tertiary/aromatic N) is 1. The predicted molar refractivity (Wildman–Crippen MR) is 99.4 cm³/mol. The largest absolute Gasteiger partial charge is 0.334 e. The van der Waals surface area contributed by atoms with E-state index in [1.54, 1.807) is 23.2 Å². The van der Waals surface area contributed by atoms with E-state index in [4.69, 9.17) is 0 Å². The van der Waals surface area contributed by atoms with Crippen LogP contribution in [0.25, 0.3) is 5.57 Å². The topological polar surface area (TPSA) is 65.2 Å². The van der Waals surface area contributed by atoms with Gasteiger partial charge in [0.25, 0.3) is 5.56 Å². The van der Waals surface area contributed by atoms with Crippen molar-refractivity contribution in [3.63, 3.8) is 0 Å². The minimum atomic E-state index is -0.168. The number of pyridine rings is 1. The minimum absolute atomic E-state index is 0.139. The lowest BCUT2D eigenvalue weighted by Crippen LogP contribution is -2.42. The van der Waals surface area contributed by atoms with Gasteiger partial charge in [-0.05, 0) is 48.6 Å². The van der Waals surface area contributed by atoms with E-state index >= 15 is 0 Å². The Morgan fingerprint density at radius 2 is 2.08 bits per heavy atom. The molecule has 2 aromatic rings. The monoisotopic (exact) mass is 337 g/mol. The molecule has 0 saturated heterocycles. The number of aryl methyl sites for hydroxylation is 1. The van der Waals surface area contributed by atoms with Crippen molar-refractivity contribution in [2.45, 2.75) is 26.8 Å². The summed E-state index contributed by atoms with van der Waals surface area (Å²) in [6, 6.07) is 9.67. The Balaban J connectivity index is 1.62. The molecular weight excluding hydrogens is 314 g/mol. The van der Waals surface area contributed by atoms with Gasteiger partial charge in [-0.1, -0.05) is 30.3 Å². The summed E-state index contributed by atoms with van der Waals surface area (Å²) < 4.78 is 0. The molecule has 0 saturated carbocycles. The number of carbonyl (C=O) groups excluding carboxylic acids is 1. The van der Waals surface area contributed by atoms with Gasteiger partial charge in [0, 0.05) is 31.4 Å². The fraction of sp³-hybridized carbons (Fsp3) is 0.300. The first-order valence-corrected chi connectivity index (χ1v) is 8.51. The Morgan fingerprint density at radius 3 is 2.80 bits per heavy atom. The Morgan fingerprint density at radius 1 is 1.24 bits per heavy atom. The highest BCUT2D eigenvalue weighted by atomic mass is 16.2. The van der Waals surface area contributed by atoms with E-state index in [0.29, 0.717) is 18.7 Å². The van der Waals surface area contributed by atoms with Crippen molar-refractivity contribution >= 4 is 11.6 Å². The van der Waals surface area contributed by atoms with E-state index in [-0.39, 0.29) is 18.1 Å². The fourth-order valence-corrected chi connectivity index (χ4v) is 3.08. The Labute approximate surface area is 147 Å². The van der Waals surface area contributed by atoms with Crippen LogP contribution in [0, 0.1) is 13.8 Å². The van der Waals surface area contributed by atoms with E-state index in [2.05, 4.69) is 48.4 Å². The van der Waals surface area contributed by atoms with E-state index in [0.717, 1.165) is 6.42 Å². The van der Waals surface area contributed by atoms with Gasteiger partial charge in [-0.3, -0.25) is 4.79 Å². The molecule has 2 heterocycles. The second kappa shape index (κ2) is 7.38. The summed E-state index contributed by atoms with van der Waals surface area (Å²) in [4.78, 5) is 28.3. The fourth-order valence-electron chi connectivity index (χ4n) is 3.08. The molecule has 130 valence electrons. The molecule has 0 bridgehead atoms. The van der Waals surface area contributed by atoms with Crippen molar-refractivity contribution in [1.82, 2.24) is 15.2 Å². The van der Waals surface area contributed by atoms with Crippen LogP contribution in [0.15, 0.2) is 47.4 Å². The van der Waals surface area contributed by atoms with Crippen LogP contribution in [0.5, 0.6) is 0 Å². The van der Waals surface area contributed by atoms with Crippen LogP contribution in [0.3, 0.4) is 0 Å². The molecule has 0 radical (unpaired) electrons. The number of aromatic amines is 1. The lowest BCUT2D eigenvalue weighted by molar-refractivity contribution is 0.202. The molecule has 3 rings (SSSR count). The van der Waals surface area contributed by atoms with Gasteiger partial charge in [-0.2, -0.15) is 0 Å². The maximum atomic E-state index is 12.3. The predicted octanol–water partition coefficient (Wildman–Crippen LogP) is 2.99. The zero-order chi connectivity index (χ0) is 17.8. The molecule has 2 N–H and O–H groups in total. The van der Waals surface area contributed by atoms with Crippen LogP contribution in [0.2, 0.25) is 0 Å². The van der Waals surface area contributed by atoms with Gasteiger partial charge >= 0.3 is 6.03 Å². The first-order valence-electron chi connectivity index (χ1n) is 8.51. The Bertz CT molecular complexity index is 867. The second-order valence-corrected chi connectivity index (χ2v) is 6.36. The summed E-state index contributed by atoms with van der Waals surface area (Å²) in [5.41, 5.74) is 5.54. The molecule has 0 fully saturated rings. The van der Waals surface area contributed by atoms with Crippen molar-refractivity contribution < 1.29 is 4.79 Å². The highest BCUT2D eigenvalue weighted by Crippen LogP contribution is 2.26. The first-order chi connectivity index (χ1) is 12.1. The minimum Gasteiger partial charge on any atom is -0.334 e. The summed E-state index contributed by atoms with van der Waals surface area (Å²) in [5, 5.41) is 2.82. The van der Waals surface area contributed by atoms with Crippen LogP contribution in [0.1, 0.15) is 28.7 Å². The average Bonchev–Trinajstić information content (AvgIpc) is 2.63. The Kier molecular flexibility index (Phi) is 5.03. The number of rotatable bonds is 3. The van der Waals surface area contributed by atoms with Gasteiger partial charge in [0.2, 0.25) is 0 Å². The van der Waals surface area contributed by atoms with Gasteiger partial charge in [0.1, 0.15) is 0 Å². The van der Waals surface area contributed by atoms with Gasteiger partial charge < -0.3 is 15.2 Å². The average molecular weight is 337 g/mol. The third kappa shape index (κ3) is 3.82. The number of aromatic nitrogens is 1. The molecular formula is C20H23N3O2. The summed E-state index contributed by atoms with van der Waals surface area (Å²) in [5.74, 6) is 0. The number of nitrogens with one attached hydrogen (secondary N) is 2. The van der Waals surface area contributed by atoms with Gasteiger partial charge in [-0.15, -0.1) is 0 Å². The molecule has 5 heteroatoms. The maximum Gasteiger partial charge on any atom is 0.317 e. The number of benzene rings is 1. The van der Waals surface area contributed by atoms with Gasteiger partial charge in [0.15, 0.2) is 0 Å². The molecule has 1 aromatic carbocycles. The molecule has 1 aromatic heterocycles. The maximum absolute atomic E-state index is 12.3. The molecule has 1 aliphatic rings. The smallest absolute Gasteiger partial charge is 0.317 e. The number of urea groups is 1. The number of amides is 2. The van der Waals surface area contributed by atoms with Gasteiger partial charge in [0.05, 0.1) is 0 Å². The quantitative estimate of drug-likeness (QED) is 0.904. The molecule has 2 amide bonds. The van der Waals surface area contributed by atoms with Crippen molar-refractivity contribution in [3.05, 3.63) is 75.2 Å². The third-order valence-corrected chi connectivity index (χ3v) is 4.78. The molecule has 0 unspecified atom stereocenters. The highest BCUT2D eigenvalue weighted by Gasteiger charge is 2.18. The van der Waals surface area contributed by atoms with Crippen LogP contribution < -0.4 is 10.9 Å². The summed E-state index contributed by atoms with van der Waals surface area (Å²) in [6.07, 6.45) is 4.54. The van der Waals surface area contributed by atoms with Gasteiger partial charge in [-0.25, -0.2) is 4.79 Å². The van der Waals surface area contributed by atoms with Crippen LogP contribution in [-0.4, -0.2) is 29.0 Å². The SMILES string of the molecule is Cc1cccc(C2=CCN(C(=O)NCc3ccc[nH]c3=O)CC2)c1C. The number of hydrogen-bond acceptors (Lipinski definition) is 2. The van der Waals surface area contributed by atoms with Crippen molar-refractivity contribution in [3.8, 4) is 0 Å². The molecule has 0 aliphatic carbocycles. The Hall–Kier alpha value is -2.82. The zero-order valence-electron chi connectivity index (χ0n) is 14.6. The molecule has 1 aliphatic heterocycles. The first kappa shape index (κ1) is 17.0. The van der Waals surface area contributed by atoms with E-state index in [1.165, 1.54) is 22.3 Å². The van der Waals surface area contributed by atoms with Crippen LogP contribution in [-0.2, 0) is 6.54 Å². The lowest BCUT2D eigenvalue weighted by atomic mass is 9.93. The van der Waals surface area contributed by atoms with Crippen molar-refractivity contribution in [2.24, 2.45) is 0 Å². The van der Waals surface area contributed by atoms with Crippen molar-refractivity contribution in [1.29, 1.82) is 0 Å². The number of hydrogen-bond donors (Lipinski definition) is 2. The molecule has 0 atom stereocenters. The van der Waals surface area contributed by atoms with Crippen molar-refractivity contribution in [2.75, 3.05) is 13.1 Å². The number of H-pyrrole nitrogens is 1. The summed E-state index contributed by atoms with van der Waals surface area (Å²) >= 11 is 0. The summed E-state index contributed by atoms with van der Waals surface area (Å²) in [6.45, 7) is 5.75. The summed E-state index contributed by atoms with van der Waals surface area (Å²) in [7, 11) is 0. The molecule has 0 spiro atoms. The normalized spacial score (nSPS) is 14.2. The van der Waals surface area contributed by atoms with E-state index < -0.39 is 0 Å². The van der Waals surface area contributed by atoms with Crippen LogP contribution in [0.4, 0.5) is 4.79 Å². The molecule has 5 nitrogen and oxygen atoms in total. The third-order valence-electron chi connectivity index (χ3n) is 4.78. The highest BCUT2D eigenvalue weighted by molar-refractivity contribution is 5.77. The van der Waals surface area contributed by atoms with E-state index in [9.17, 15) is 9.59 Å². The zero-order valence-corrected chi connectivity index (χ0v) is 14.6. The lowest BCUT2D eigenvalue weighted by Gasteiger charge is -2.27. The van der Waals surface area contributed by atoms with E-state index in [1.807, 2.05) is 0 Å². The standard InChI is InChI=1S/C20H23N3O2/c1-14-5-3-7-18(15(14)2)16-8-11-23(12-9-16)20(25)22-13-17-6-4-10-21-19(17)24/h3-8,10H,9,11-13H2,1-2H3,(H,21,24)(H,22,25). The number of carbonyl (C=O) groups is 1. The van der Waals surface area contributed by atoms with Crippen LogP contribution >= 0.6 is 0 Å².